The lowest BCUT2D eigenvalue weighted by Crippen LogP contribution is -2.03. The number of phenols is 1. The SMILES string of the molecule is C[C@H](Cc1ccccc1)N=Cc1cc(Cl)ccc1O. The number of phenolic OH excluding ortho intramolecular Hbond substituents is 1. The summed E-state index contributed by atoms with van der Waals surface area (Å²) in [6.45, 7) is 2.05. The minimum absolute atomic E-state index is 0.154. The Balaban J connectivity index is 2.04. The molecule has 0 aliphatic carbocycles. The van der Waals surface area contributed by atoms with E-state index in [1.54, 1.807) is 24.4 Å². The fourth-order valence-electron chi connectivity index (χ4n) is 1.84. The van der Waals surface area contributed by atoms with Gasteiger partial charge in [0.15, 0.2) is 0 Å². The molecule has 0 aliphatic rings. The summed E-state index contributed by atoms with van der Waals surface area (Å²) < 4.78 is 0. The third-order valence-electron chi connectivity index (χ3n) is 2.83. The summed E-state index contributed by atoms with van der Waals surface area (Å²) in [5.41, 5.74) is 1.90. The zero-order valence-electron chi connectivity index (χ0n) is 10.8. The van der Waals surface area contributed by atoms with Gasteiger partial charge < -0.3 is 5.11 Å². The number of benzene rings is 2. The Labute approximate surface area is 118 Å². The van der Waals surface area contributed by atoms with Gasteiger partial charge in [0.1, 0.15) is 5.75 Å². The fraction of sp³-hybridized carbons (Fsp3) is 0.188. The van der Waals surface area contributed by atoms with E-state index in [0.29, 0.717) is 10.6 Å². The van der Waals surface area contributed by atoms with E-state index in [1.807, 2.05) is 25.1 Å². The first-order valence-electron chi connectivity index (χ1n) is 6.21. The molecule has 0 saturated heterocycles. The molecule has 2 rings (SSSR count). The van der Waals surface area contributed by atoms with Gasteiger partial charge in [-0.15, -0.1) is 0 Å². The summed E-state index contributed by atoms with van der Waals surface area (Å²) >= 11 is 5.89. The largest absolute Gasteiger partial charge is 0.507 e. The first-order valence-corrected chi connectivity index (χ1v) is 6.58. The van der Waals surface area contributed by atoms with Crippen LogP contribution in [-0.2, 0) is 6.42 Å². The van der Waals surface area contributed by atoms with Gasteiger partial charge in [0.05, 0.1) is 6.04 Å². The van der Waals surface area contributed by atoms with Crippen LogP contribution in [0.15, 0.2) is 53.5 Å². The highest BCUT2D eigenvalue weighted by Crippen LogP contribution is 2.19. The van der Waals surface area contributed by atoms with Gasteiger partial charge in [0.25, 0.3) is 0 Å². The number of hydrogen-bond donors (Lipinski definition) is 1. The molecule has 2 aromatic carbocycles. The molecular weight excluding hydrogens is 258 g/mol. The molecule has 2 nitrogen and oxygen atoms in total. The maximum absolute atomic E-state index is 9.69. The van der Waals surface area contributed by atoms with Gasteiger partial charge in [0, 0.05) is 16.8 Å². The van der Waals surface area contributed by atoms with Crippen LogP contribution in [0.3, 0.4) is 0 Å². The molecule has 1 atom stereocenters. The zero-order valence-corrected chi connectivity index (χ0v) is 11.5. The summed E-state index contributed by atoms with van der Waals surface area (Å²) in [7, 11) is 0. The van der Waals surface area contributed by atoms with Gasteiger partial charge >= 0.3 is 0 Å². The summed E-state index contributed by atoms with van der Waals surface area (Å²) in [6.07, 6.45) is 2.55. The van der Waals surface area contributed by atoms with Crippen molar-refractivity contribution >= 4 is 17.8 Å². The molecule has 0 aromatic heterocycles. The lowest BCUT2D eigenvalue weighted by atomic mass is 10.1. The van der Waals surface area contributed by atoms with E-state index in [0.717, 1.165) is 6.42 Å². The Bertz CT molecular complexity index is 566. The second-order valence-electron chi connectivity index (χ2n) is 4.52. The van der Waals surface area contributed by atoms with Crippen LogP contribution in [0, 0.1) is 0 Å². The number of aromatic hydroxyl groups is 1. The molecule has 0 heterocycles. The zero-order chi connectivity index (χ0) is 13.7. The molecule has 0 saturated carbocycles. The third kappa shape index (κ3) is 4.11. The maximum atomic E-state index is 9.69. The van der Waals surface area contributed by atoms with Crippen molar-refractivity contribution in [3.05, 3.63) is 64.7 Å². The van der Waals surface area contributed by atoms with E-state index in [-0.39, 0.29) is 11.8 Å². The van der Waals surface area contributed by atoms with Gasteiger partial charge in [-0.3, -0.25) is 4.99 Å². The summed E-state index contributed by atoms with van der Waals surface area (Å²) in [4.78, 5) is 4.45. The van der Waals surface area contributed by atoms with Crippen LogP contribution in [0.2, 0.25) is 5.02 Å². The molecular formula is C16H16ClNO. The molecule has 0 aliphatic heterocycles. The molecule has 2 aromatic rings. The quantitative estimate of drug-likeness (QED) is 0.836. The van der Waals surface area contributed by atoms with Crippen molar-refractivity contribution < 1.29 is 5.11 Å². The molecule has 19 heavy (non-hydrogen) atoms. The first-order chi connectivity index (χ1) is 9.15. The normalized spacial score (nSPS) is 12.7. The monoisotopic (exact) mass is 273 g/mol. The van der Waals surface area contributed by atoms with E-state index < -0.39 is 0 Å². The predicted octanol–water partition coefficient (Wildman–Crippen LogP) is 4.10. The molecule has 3 heteroatoms. The smallest absolute Gasteiger partial charge is 0.124 e. The Morgan fingerprint density at radius 3 is 2.68 bits per heavy atom. The summed E-state index contributed by atoms with van der Waals surface area (Å²) in [5.74, 6) is 0.195. The molecule has 0 bridgehead atoms. The van der Waals surface area contributed by atoms with E-state index in [2.05, 4.69) is 17.1 Å². The Morgan fingerprint density at radius 2 is 1.95 bits per heavy atom. The minimum Gasteiger partial charge on any atom is -0.507 e. The number of hydrogen-bond acceptors (Lipinski definition) is 2. The average molecular weight is 274 g/mol. The number of halogens is 1. The molecule has 0 spiro atoms. The second-order valence-corrected chi connectivity index (χ2v) is 4.96. The van der Waals surface area contributed by atoms with E-state index >= 15 is 0 Å². The van der Waals surface area contributed by atoms with Crippen molar-refractivity contribution in [1.29, 1.82) is 0 Å². The van der Waals surface area contributed by atoms with Crippen LogP contribution in [0.1, 0.15) is 18.1 Å². The maximum Gasteiger partial charge on any atom is 0.124 e. The van der Waals surface area contributed by atoms with Crippen molar-refractivity contribution in [2.75, 3.05) is 0 Å². The number of rotatable bonds is 4. The second kappa shape index (κ2) is 6.39. The molecule has 0 unspecified atom stereocenters. The van der Waals surface area contributed by atoms with Gasteiger partial charge in [-0.2, -0.15) is 0 Å². The first kappa shape index (κ1) is 13.6. The van der Waals surface area contributed by atoms with Crippen molar-refractivity contribution in [1.82, 2.24) is 0 Å². The van der Waals surface area contributed by atoms with Gasteiger partial charge in [-0.05, 0) is 37.1 Å². The van der Waals surface area contributed by atoms with Crippen molar-refractivity contribution in [2.45, 2.75) is 19.4 Å². The minimum atomic E-state index is 0.154. The topological polar surface area (TPSA) is 32.6 Å². The van der Waals surface area contributed by atoms with Crippen molar-refractivity contribution in [2.24, 2.45) is 4.99 Å². The van der Waals surface area contributed by atoms with Gasteiger partial charge in [-0.25, -0.2) is 0 Å². The summed E-state index contributed by atoms with van der Waals surface area (Å²) in [6, 6.07) is 15.3. The number of aliphatic imine (C=N–C) groups is 1. The Morgan fingerprint density at radius 1 is 1.21 bits per heavy atom. The Hall–Kier alpha value is -1.80. The highest BCUT2D eigenvalue weighted by Gasteiger charge is 2.02. The van der Waals surface area contributed by atoms with Crippen LogP contribution in [0.25, 0.3) is 0 Å². The predicted molar refractivity (Wildman–Crippen MR) is 80.3 cm³/mol. The molecule has 0 amide bonds. The fourth-order valence-corrected chi connectivity index (χ4v) is 2.02. The third-order valence-corrected chi connectivity index (χ3v) is 3.07. The lowest BCUT2D eigenvalue weighted by Gasteiger charge is -2.06. The summed E-state index contributed by atoms with van der Waals surface area (Å²) in [5, 5.41) is 10.3. The van der Waals surface area contributed by atoms with Crippen LogP contribution in [-0.4, -0.2) is 17.4 Å². The highest BCUT2D eigenvalue weighted by atomic mass is 35.5. The van der Waals surface area contributed by atoms with E-state index in [9.17, 15) is 5.11 Å². The Kier molecular flexibility index (Phi) is 4.58. The lowest BCUT2D eigenvalue weighted by molar-refractivity contribution is 0.474. The molecule has 0 fully saturated rings. The average Bonchev–Trinajstić information content (AvgIpc) is 2.41. The molecule has 0 radical (unpaired) electrons. The van der Waals surface area contributed by atoms with E-state index in [4.69, 9.17) is 11.6 Å². The van der Waals surface area contributed by atoms with Gasteiger partial charge in [-0.1, -0.05) is 41.9 Å². The molecule has 98 valence electrons. The number of nitrogens with zero attached hydrogens (tertiary/aromatic N) is 1. The van der Waals surface area contributed by atoms with Gasteiger partial charge in [0.2, 0.25) is 0 Å². The standard InChI is InChI=1S/C16H16ClNO/c1-12(9-13-5-3-2-4-6-13)18-11-14-10-15(17)7-8-16(14)19/h2-8,10-12,19H,9H2,1H3/t12-/m1/s1. The van der Waals surface area contributed by atoms with Crippen molar-refractivity contribution in [3.63, 3.8) is 0 Å². The van der Waals surface area contributed by atoms with Crippen LogP contribution in [0.5, 0.6) is 5.75 Å². The van der Waals surface area contributed by atoms with E-state index in [1.165, 1.54) is 5.56 Å². The molecule has 1 N–H and O–H groups in total. The highest BCUT2D eigenvalue weighted by molar-refractivity contribution is 6.30. The van der Waals surface area contributed by atoms with Crippen LogP contribution < -0.4 is 0 Å². The van der Waals surface area contributed by atoms with Crippen LogP contribution in [0.4, 0.5) is 0 Å². The van der Waals surface area contributed by atoms with Crippen LogP contribution >= 0.6 is 11.6 Å². The van der Waals surface area contributed by atoms with Crippen molar-refractivity contribution in [3.8, 4) is 5.75 Å².